The smallest absolute Gasteiger partial charge is 0.358 e. The van der Waals surface area contributed by atoms with Crippen molar-refractivity contribution in [3.8, 4) is 0 Å². The molecule has 1 aliphatic rings. The highest BCUT2D eigenvalue weighted by Gasteiger charge is 2.24. The van der Waals surface area contributed by atoms with Crippen molar-refractivity contribution in [1.82, 2.24) is 14.5 Å². The third kappa shape index (κ3) is 4.51. The van der Waals surface area contributed by atoms with Crippen LogP contribution in [0.1, 0.15) is 35.3 Å². The largest absolute Gasteiger partial charge is 0.464 e. The number of benzene rings is 1. The van der Waals surface area contributed by atoms with Crippen LogP contribution in [0, 0.1) is 4.77 Å². The first-order valence-electron chi connectivity index (χ1n) is 8.81. The van der Waals surface area contributed by atoms with Gasteiger partial charge in [0.05, 0.1) is 23.7 Å². The van der Waals surface area contributed by atoms with Crippen molar-refractivity contribution in [1.29, 1.82) is 0 Å². The molecule has 0 bridgehead atoms. The number of hydrogen-bond acceptors (Lipinski definition) is 4. The Bertz CT molecular complexity index is 951. The van der Waals surface area contributed by atoms with Crippen molar-refractivity contribution >= 4 is 53.2 Å². The summed E-state index contributed by atoms with van der Waals surface area (Å²) < 4.78 is 6.74. The lowest BCUT2D eigenvalue weighted by Crippen LogP contribution is -2.39. The van der Waals surface area contributed by atoms with E-state index in [0.717, 1.165) is 24.8 Å². The van der Waals surface area contributed by atoms with E-state index in [1.54, 1.807) is 27.7 Å². The third-order valence-corrected chi connectivity index (χ3v) is 5.62. The number of carbonyl (C=O) groups excluding carboxylic acids is 2. The molecule has 2 aromatic rings. The summed E-state index contributed by atoms with van der Waals surface area (Å²) in [4.78, 5) is 29.6. The minimum absolute atomic E-state index is 0.143. The Balaban J connectivity index is 1.91. The molecule has 7 nitrogen and oxygen atoms in total. The zero-order chi connectivity index (χ0) is 20.3. The molecule has 1 aromatic heterocycles. The Kier molecular flexibility index (Phi) is 6.64. The van der Waals surface area contributed by atoms with Gasteiger partial charge >= 0.3 is 12.0 Å². The average molecular weight is 443 g/mol. The van der Waals surface area contributed by atoms with E-state index >= 15 is 0 Å². The molecule has 28 heavy (non-hydrogen) atoms. The van der Waals surface area contributed by atoms with Crippen LogP contribution in [-0.4, -0.2) is 46.7 Å². The Morgan fingerprint density at radius 3 is 2.57 bits per heavy atom. The van der Waals surface area contributed by atoms with Crippen molar-refractivity contribution in [3.05, 3.63) is 44.3 Å². The number of nitrogens with one attached hydrogen (secondary N) is 2. The van der Waals surface area contributed by atoms with Gasteiger partial charge in [0.2, 0.25) is 0 Å². The van der Waals surface area contributed by atoms with Crippen LogP contribution in [0.5, 0.6) is 0 Å². The second-order valence-corrected chi connectivity index (χ2v) is 7.66. The van der Waals surface area contributed by atoms with Gasteiger partial charge in [-0.1, -0.05) is 29.3 Å². The van der Waals surface area contributed by atoms with Gasteiger partial charge in [0.15, 0.2) is 10.5 Å². The predicted molar refractivity (Wildman–Crippen MR) is 111 cm³/mol. The van der Waals surface area contributed by atoms with Gasteiger partial charge in [-0.15, -0.1) is 0 Å². The van der Waals surface area contributed by atoms with E-state index in [0.29, 0.717) is 23.1 Å². The number of aromatic nitrogens is 2. The van der Waals surface area contributed by atoms with Gasteiger partial charge < -0.3 is 19.2 Å². The highest BCUT2D eigenvalue weighted by Crippen LogP contribution is 2.25. The van der Waals surface area contributed by atoms with Crippen LogP contribution in [0.25, 0.3) is 0 Å². The summed E-state index contributed by atoms with van der Waals surface area (Å²) in [5, 5.41) is 3.60. The zero-order valence-electron chi connectivity index (χ0n) is 15.3. The zero-order valence-corrected chi connectivity index (χ0v) is 17.6. The van der Waals surface area contributed by atoms with Crippen molar-refractivity contribution in [3.63, 3.8) is 0 Å². The third-order valence-electron chi connectivity index (χ3n) is 4.56. The first-order valence-corrected chi connectivity index (χ1v) is 9.98. The fourth-order valence-corrected chi connectivity index (χ4v) is 3.70. The molecule has 0 spiro atoms. The molecule has 2 heterocycles. The number of anilines is 1. The van der Waals surface area contributed by atoms with Crippen LogP contribution < -0.4 is 5.32 Å². The molecule has 1 aromatic carbocycles. The van der Waals surface area contributed by atoms with Gasteiger partial charge in [0.25, 0.3) is 0 Å². The summed E-state index contributed by atoms with van der Waals surface area (Å²) in [6.45, 7) is 1.63. The maximum Gasteiger partial charge on any atom is 0.358 e. The number of piperidine rings is 1. The number of urea groups is 1. The molecule has 150 valence electrons. The summed E-state index contributed by atoms with van der Waals surface area (Å²) >= 11 is 17.4. The molecular weight excluding hydrogens is 423 g/mol. The molecule has 1 saturated heterocycles. The van der Waals surface area contributed by atoms with Crippen LogP contribution in [0.2, 0.25) is 10.0 Å². The van der Waals surface area contributed by atoms with Gasteiger partial charge in [0.1, 0.15) is 5.82 Å². The molecule has 0 unspecified atom stereocenters. The fraction of sp³-hybridized carbons (Fsp3) is 0.389. The van der Waals surface area contributed by atoms with E-state index in [-0.39, 0.29) is 28.9 Å². The van der Waals surface area contributed by atoms with Crippen LogP contribution in [0.3, 0.4) is 0 Å². The van der Waals surface area contributed by atoms with E-state index in [4.69, 9.17) is 40.2 Å². The molecule has 1 aliphatic heterocycles. The quantitative estimate of drug-likeness (QED) is 0.530. The summed E-state index contributed by atoms with van der Waals surface area (Å²) in [6, 6.07) is 4.89. The molecule has 0 radical (unpaired) electrons. The van der Waals surface area contributed by atoms with E-state index in [1.165, 1.54) is 7.11 Å². The number of aromatic amines is 1. The van der Waals surface area contributed by atoms with Gasteiger partial charge in [-0.05, 0) is 49.2 Å². The Morgan fingerprint density at radius 1 is 1.21 bits per heavy atom. The standard InChI is InChI=1S/C18H20Cl2N4O3S/c1-27-16(25)14-15(21-17(26)23-7-3-2-4-8-23)22-18(28)24(14)10-11-5-6-12(19)13(20)9-11/h5-6,9H,2-4,7-8,10H2,1H3,(H,21,26)(H,22,28). The SMILES string of the molecule is COC(=O)c1c(NC(=O)N2CCCCC2)[nH]c(=S)n1Cc1ccc(Cl)c(Cl)c1. The van der Waals surface area contributed by atoms with Crippen LogP contribution >= 0.6 is 35.4 Å². The highest BCUT2D eigenvalue weighted by atomic mass is 35.5. The lowest BCUT2D eigenvalue weighted by Gasteiger charge is -2.26. The lowest BCUT2D eigenvalue weighted by atomic mass is 10.1. The van der Waals surface area contributed by atoms with Gasteiger partial charge in [-0.25, -0.2) is 9.59 Å². The number of carbonyl (C=O) groups is 2. The Labute approximate surface area is 177 Å². The van der Waals surface area contributed by atoms with Crippen molar-refractivity contribution in [2.75, 3.05) is 25.5 Å². The molecule has 2 amide bonds. The maximum absolute atomic E-state index is 12.6. The molecule has 0 saturated carbocycles. The number of rotatable bonds is 4. The molecule has 1 fully saturated rings. The predicted octanol–water partition coefficient (Wildman–Crippen LogP) is 4.71. The first-order chi connectivity index (χ1) is 13.4. The number of methoxy groups -OCH3 is 1. The minimum atomic E-state index is -0.610. The summed E-state index contributed by atoms with van der Waals surface area (Å²) in [5.41, 5.74) is 0.937. The topological polar surface area (TPSA) is 79.4 Å². The molecule has 3 rings (SSSR count). The molecule has 2 N–H and O–H groups in total. The average Bonchev–Trinajstić information content (AvgIpc) is 2.99. The summed E-state index contributed by atoms with van der Waals surface area (Å²) in [6.07, 6.45) is 3.04. The van der Waals surface area contributed by atoms with Crippen LogP contribution in [0.15, 0.2) is 18.2 Å². The van der Waals surface area contributed by atoms with E-state index in [1.807, 2.05) is 0 Å². The number of hydrogen-bond donors (Lipinski definition) is 2. The van der Waals surface area contributed by atoms with E-state index in [9.17, 15) is 9.59 Å². The van der Waals surface area contributed by atoms with Crippen molar-refractivity contribution in [2.45, 2.75) is 25.8 Å². The lowest BCUT2D eigenvalue weighted by molar-refractivity contribution is 0.0590. The molecule has 10 heteroatoms. The van der Waals surface area contributed by atoms with Crippen molar-refractivity contribution < 1.29 is 14.3 Å². The van der Waals surface area contributed by atoms with E-state index < -0.39 is 5.97 Å². The number of amides is 2. The normalized spacial score (nSPS) is 14.0. The molecule has 0 atom stereocenters. The van der Waals surface area contributed by atoms with Gasteiger partial charge in [0, 0.05) is 13.1 Å². The highest BCUT2D eigenvalue weighted by molar-refractivity contribution is 7.71. The van der Waals surface area contributed by atoms with Crippen molar-refractivity contribution in [2.24, 2.45) is 0 Å². The number of H-pyrrole nitrogens is 1. The number of nitrogens with zero attached hydrogens (tertiary/aromatic N) is 2. The minimum Gasteiger partial charge on any atom is -0.464 e. The summed E-state index contributed by atoms with van der Waals surface area (Å²) in [5.74, 6) is -0.395. The molecule has 0 aliphatic carbocycles. The maximum atomic E-state index is 12.6. The number of ether oxygens (including phenoxy) is 1. The van der Waals surface area contributed by atoms with Gasteiger partial charge in [-0.3, -0.25) is 5.32 Å². The number of esters is 1. The molecular formula is C18H20Cl2N4O3S. The number of likely N-dealkylation sites (tertiary alicyclic amines) is 1. The second kappa shape index (κ2) is 8.98. The fourth-order valence-electron chi connectivity index (χ4n) is 3.12. The Hall–Kier alpha value is -2.03. The Morgan fingerprint density at radius 2 is 1.93 bits per heavy atom. The first kappa shape index (κ1) is 20.7. The number of halogens is 2. The summed E-state index contributed by atoms with van der Waals surface area (Å²) in [7, 11) is 1.28. The number of imidazole rings is 1. The van der Waals surface area contributed by atoms with Crippen LogP contribution in [0.4, 0.5) is 10.6 Å². The van der Waals surface area contributed by atoms with Gasteiger partial charge in [-0.2, -0.15) is 0 Å². The van der Waals surface area contributed by atoms with E-state index in [2.05, 4.69) is 10.3 Å². The monoisotopic (exact) mass is 442 g/mol. The van der Waals surface area contributed by atoms with Crippen LogP contribution in [-0.2, 0) is 11.3 Å². The second-order valence-electron chi connectivity index (χ2n) is 6.46.